The maximum absolute atomic E-state index is 12.1. The zero-order valence-electron chi connectivity index (χ0n) is 10.4. The molecule has 1 aromatic rings. The first kappa shape index (κ1) is 14.0. The van der Waals surface area contributed by atoms with E-state index in [1.807, 2.05) is 32.0 Å². The molecule has 94 valence electrons. The highest BCUT2D eigenvalue weighted by Gasteiger charge is 2.17. The van der Waals surface area contributed by atoms with Crippen LogP contribution in [0.3, 0.4) is 0 Å². The fourth-order valence-electron chi connectivity index (χ4n) is 1.59. The Kier molecular flexibility index (Phi) is 5.99. The summed E-state index contributed by atoms with van der Waals surface area (Å²) >= 11 is 0. The second-order valence-corrected chi connectivity index (χ2v) is 4.03. The van der Waals surface area contributed by atoms with Crippen molar-refractivity contribution in [2.45, 2.75) is 20.3 Å². The minimum absolute atomic E-state index is 0.0625. The molecule has 0 aliphatic heterocycles. The largest absolute Gasteiger partial charge is 0.493 e. The van der Waals surface area contributed by atoms with Gasteiger partial charge in [0.15, 0.2) is 5.78 Å². The van der Waals surface area contributed by atoms with Crippen LogP contribution in [0.1, 0.15) is 30.6 Å². The van der Waals surface area contributed by atoms with Crippen molar-refractivity contribution >= 4 is 15.0 Å². The quantitative estimate of drug-likeness (QED) is 0.554. The van der Waals surface area contributed by atoms with E-state index in [1.165, 1.54) is 0 Å². The Morgan fingerprint density at radius 2 is 1.71 bits per heavy atom. The van der Waals surface area contributed by atoms with Gasteiger partial charge in [-0.15, -0.1) is 9.24 Å². The third-order valence-electron chi connectivity index (χ3n) is 2.24. The first-order valence-corrected chi connectivity index (χ1v) is 6.68. The number of benzene rings is 1. The SMILES string of the molecule is CCOc1cccc(OCC)c1C(=O)CCP. The van der Waals surface area contributed by atoms with Crippen LogP contribution in [0.5, 0.6) is 11.5 Å². The lowest BCUT2D eigenvalue weighted by molar-refractivity contribution is 0.0982. The second-order valence-electron chi connectivity index (χ2n) is 3.46. The van der Waals surface area contributed by atoms with Crippen LogP contribution in [0.2, 0.25) is 0 Å². The van der Waals surface area contributed by atoms with Gasteiger partial charge in [-0.3, -0.25) is 4.79 Å². The summed E-state index contributed by atoms with van der Waals surface area (Å²) in [6, 6.07) is 5.46. The van der Waals surface area contributed by atoms with E-state index >= 15 is 0 Å². The van der Waals surface area contributed by atoms with E-state index in [1.54, 1.807) is 0 Å². The van der Waals surface area contributed by atoms with Gasteiger partial charge in [0, 0.05) is 6.42 Å². The van der Waals surface area contributed by atoms with Gasteiger partial charge < -0.3 is 9.47 Å². The van der Waals surface area contributed by atoms with Crippen LogP contribution in [0, 0.1) is 0 Å². The minimum atomic E-state index is 0.0625. The van der Waals surface area contributed by atoms with Crippen molar-refractivity contribution in [1.82, 2.24) is 0 Å². The van der Waals surface area contributed by atoms with Crippen molar-refractivity contribution in [2.75, 3.05) is 19.4 Å². The molecule has 0 aromatic heterocycles. The van der Waals surface area contributed by atoms with Crippen LogP contribution < -0.4 is 9.47 Å². The molecule has 0 N–H and O–H groups in total. The summed E-state index contributed by atoms with van der Waals surface area (Å²) < 4.78 is 11.0. The molecule has 0 saturated carbocycles. The predicted molar refractivity (Wildman–Crippen MR) is 72.3 cm³/mol. The molecule has 0 saturated heterocycles. The van der Waals surface area contributed by atoms with Gasteiger partial charge in [0.1, 0.15) is 17.1 Å². The van der Waals surface area contributed by atoms with E-state index in [9.17, 15) is 4.79 Å². The van der Waals surface area contributed by atoms with Crippen LogP contribution in [-0.4, -0.2) is 25.2 Å². The van der Waals surface area contributed by atoms with E-state index in [0.717, 1.165) is 6.16 Å². The van der Waals surface area contributed by atoms with E-state index < -0.39 is 0 Å². The summed E-state index contributed by atoms with van der Waals surface area (Å²) in [6.07, 6.45) is 1.22. The molecule has 17 heavy (non-hydrogen) atoms. The normalized spacial score (nSPS) is 10.1. The van der Waals surface area contributed by atoms with E-state index in [-0.39, 0.29) is 5.78 Å². The molecule has 1 aromatic carbocycles. The average Bonchev–Trinajstić information content (AvgIpc) is 2.30. The van der Waals surface area contributed by atoms with Gasteiger partial charge in [0.05, 0.1) is 13.2 Å². The van der Waals surface area contributed by atoms with Crippen LogP contribution in [0.4, 0.5) is 0 Å². The van der Waals surface area contributed by atoms with Crippen molar-refractivity contribution in [3.63, 3.8) is 0 Å². The molecule has 0 amide bonds. The lowest BCUT2D eigenvalue weighted by atomic mass is 10.1. The Labute approximate surface area is 105 Å². The zero-order chi connectivity index (χ0) is 12.7. The highest BCUT2D eigenvalue weighted by Crippen LogP contribution is 2.30. The molecular formula is C13H19O3P. The monoisotopic (exact) mass is 254 g/mol. The van der Waals surface area contributed by atoms with E-state index in [0.29, 0.717) is 36.7 Å². The Morgan fingerprint density at radius 3 is 2.12 bits per heavy atom. The smallest absolute Gasteiger partial charge is 0.170 e. The summed E-state index contributed by atoms with van der Waals surface area (Å²) in [5, 5.41) is 0. The molecule has 0 aliphatic carbocycles. The molecule has 0 aliphatic rings. The van der Waals surface area contributed by atoms with Crippen molar-refractivity contribution in [3.05, 3.63) is 23.8 Å². The number of hydrogen-bond donors (Lipinski definition) is 0. The summed E-state index contributed by atoms with van der Waals surface area (Å²) in [5.41, 5.74) is 0.568. The third kappa shape index (κ3) is 3.71. The van der Waals surface area contributed by atoms with Gasteiger partial charge in [-0.2, -0.15) is 0 Å². The molecule has 1 unspecified atom stereocenters. The van der Waals surface area contributed by atoms with Crippen LogP contribution in [0.15, 0.2) is 18.2 Å². The lowest BCUT2D eigenvalue weighted by Crippen LogP contribution is -2.08. The number of carbonyl (C=O) groups excluding carboxylic acids is 1. The molecular weight excluding hydrogens is 235 g/mol. The Morgan fingerprint density at radius 1 is 1.18 bits per heavy atom. The van der Waals surface area contributed by atoms with Gasteiger partial charge in [-0.25, -0.2) is 0 Å². The number of ketones is 1. The fourth-order valence-corrected chi connectivity index (χ4v) is 1.86. The van der Waals surface area contributed by atoms with Gasteiger partial charge in [-0.1, -0.05) is 6.07 Å². The number of carbonyl (C=O) groups is 1. The maximum atomic E-state index is 12.1. The standard InChI is InChI=1S/C13H19O3P/c1-3-15-11-6-5-7-12(16-4-2)13(11)10(14)8-9-17/h5-7H,3-4,8-9,17H2,1-2H3. The Hall–Kier alpha value is -1.08. The first-order valence-electron chi connectivity index (χ1n) is 5.86. The number of rotatable bonds is 7. The number of Topliss-reactive ketones (excluding diaryl/α,β-unsaturated/α-hetero) is 1. The molecule has 0 spiro atoms. The van der Waals surface area contributed by atoms with Gasteiger partial charge in [-0.05, 0) is 32.1 Å². The fraction of sp³-hybridized carbons (Fsp3) is 0.462. The molecule has 0 fully saturated rings. The Bertz CT molecular complexity index is 353. The molecule has 1 atom stereocenters. The van der Waals surface area contributed by atoms with Crippen molar-refractivity contribution in [1.29, 1.82) is 0 Å². The third-order valence-corrected chi connectivity index (χ3v) is 2.53. The molecule has 4 heteroatoms. The summed E-state index contributed by atoms with van der Waals surface area (Å²) in [5.74, 6) is 1.29. The van der Waals surface area contributed by atoms with E-state index in [2.05, 4.69) is 9.24 Å². The Balaban J connectivity index is 3.12. The van der Waals surface area contributed by atoms with Crippen molar-refractivity contribution in [3.8, 4) is 11.5 Å². The van der Waals surface area contributed by atoms with Crippen LogP contribution in [-0.2, 0) is 0 Å². The zero-order valence-corrected chi connectivity index (χ0v) is 11.5. The highest BCUT2D eigenvalue weighted by atomic mass is 31.0. The maximum Gasteiger partial charge on any atom is 0.170 e. The number of hydrogen-bond acceptors (Lipinski definition) is 3. The summed E-state index contributed by atoms with van der Waals surface area (Å²) in [4.78, 5) is 12.1. The van der Waals surface area contributed by atoms with Crippen molar-refractivity contribution < 1.29 is 14.3 Å². The summed E-state index contributed by atoms with van der Waals surface area (Å²) in [7, 11) is 2.56. The number of ether oxygens (including phenoxy) is 2. The molecule has 0 heterocycles. The summed E-state index contributed by atoms with van der Waals surface area (Å²) in [6.45, 7) is 4.88. The molecule has 1 rings (SSSR count). The highest BCUT2D eigenvalue weighted by molar-refractivity contribution is 7.16. The van der Waals surface area contributed by atoms with Crippen LogP contribution >= 0.6 is 9.24 Å². The van der Waals surface area contributed by atoms with E-state index in [4.69, 9.17) is 9.47 Å². The lowest BCUT2D eigenvalue weighted by Gasteiger charge is -2.13. The predicted octanol–water partition coefficient (Wildman–Crippen LogP) is 2.93. The second kappa shape index (κ2) is 7.29. The first-order chi connectivity index (χ1) is 8.24. The molecule has 3 nitrogen and oxygen atoms in total. The average molecular weight is 254 g/mol. The van der Waals surface area contributed by atoms with Crippen LogP contribution in [0.25, 0.3) is 0 Å². The van der Waals surface area contributed by atoms with Gasteiger partial charge in [0.2, 0.25) is 0 Å². The van der Waals surface area contributed by atoms with Gasteiger partial charge >= 0.3 is 0 Å². The minimum Gasteiger partial charge on any atom is -0.493 e. The van der Waals surface area contributed by atoms with Crippen molar-refractivity contribution in [2.24, 2.45) is 0 Å². The molecule has 0 radical (unpaired) electrons. The van der Waals surface area contributed by atoms with Gasteiger partial charge in [0.25, 0.3) is 0 Å². The topological polar surface area (TPSA) is 35.5 Å². The molecule has 0 bridgehead atoms.